The van der Waals surface area contributed by atoms with Crippen LogP contribution < -0.4 is 16.0 Å². The number of likely N-dealkylation sites (N-methyl/N-ethyl adjacent to an activating group) is 1. The van der Waals surface area contributed by atoms with Crippen molar-refractivity contribution in [1.29, 1.82) is 0 Å². The van der Waals surface area contributed by atoms with Gasteiger partial charge in [0.25, 0.3) is 0 Å². The summed E-state index contributed by atoms with van der Waals surface area (Å²) in [6.45, 7) is 5.49. The Morgan fingerprint density at radius 1 is 0.833 bits per heavy atom. The highest BCUT2D eigenvalue weighted by Gasteiger charge is 2.17. The molecule has 0 spiro atoms. The van der Waals surface area contributed by atoms with Crippen LogP contribution >= 0.6 is 0 Å². The fourth-order valence-corrected chi connectivity index (χ4v) is 3.20. The number of nitrogens with zero attached hydrogens (tertiary/aromatic N) is 2. The van der Waals surface area contributed by atoms with Gasteiger partial charge in [-0.3, -0.25) is 14.5 Å². The lowest BCUT2D eigenvalue weighted by Crippen LogP contribution is -2.46. The maximum atomic E-state index is 12.6. The molecule has 1 fully saturated rings. The van der Waals surface area contributed by atoms with Crippen molar-refractivity contribution >= 4 is 34.8 Å². The molecule has 2 aromatic carbocycles. The van der Waals surface area contributed by atoms with E-state index in [1.54, 1.807) is 48.5 Å². The fourth-order valence-electron chi connectivity index (χ4n) is 3.20. The van der Waals surface area contributed by atoms with E-state index in [1.807, 2.05) is 0 Å². The number of hydrogen-bond donors (Lipinski definition) is 3. The SMILES string of the molecule is CC(=O)Nc1ccc(NC(=O)Nc2cccc(C(=O)CN3CCN(C)CC3)c2)cc1. The van der Waals surface area contributed by atoms with Crippen molar-refractivity contribution in [3.8, 4) is 0 Å². The van der Waals surface area contributed by atoms with Crippen LogP contribution in [0.3, 0.4) is 0 Å². The first-order valence-electron chi connectivity index (χ1n) is 9.89. The van der Waals surface area contributed by atoms with Crippen LogP contribution in [0.25, 0.3) is 0 Å². The summed E-state index contributed by atoms with van der Waals surface area (Å²) in [5.41, 5.74) is 2.36. The standard InChI is InChI=1S/C22H27N5O3/c1-16(28)23-18-6-8-19(9-7-18)24-22(30)25-20-5-3-4-17(14-20)21(29)15-27-12-10-26(2)11-13-27/h3-9,14H,10-13,15H2,1-2H3,(H,23,28)(H2,24,25,30). The minimum atomic E-state index is -0.411. The number of benzene rings is 2. The van der Waals surface area contributed by atoms with Crippen molar-refractivity contribution in [2.24, 2.45) is 0 Å². The Bertz CT molecular complexity index is 905. The molecule has 8 heteroatoms. The molecule has 1 heterocycles. The van der Waals surface area contributed by atoms with Crippen molar-refractivity contribution in [3.63, 3.8) is 0 Å². The van der Waals surface area contributed by atoms with Gasteiger partial charge >= 0.3 is 6.03 Å². The lowest BCUT2D eigenvalue weighted by Gasteiger charge is -2.31. The maximum Gasteiger partial charge on any atom is 0.323 e. The first kappa shape index (κ1) is 21.5. The molecule has 0 saturated carbocycles. The average molecular weight is 409 g/mol. The van der Waals surface area contributed by atoms with Gasteiger partial charge in [0, 0.05) is 55.7 Å². The van der Waals surface area contributed by atoms with Crippen LogP contribution in [0, 0.1) is 0 Å². The van der Waals surface area contributed by atoms with Crippen LogP contribution in [0.4, 0.5) is 21.9 Å². The molecule has 1 aliphatic heterocycles. The second kappa shape index (κ2) is 10.00. The second-order valence-electron chi connectivity index (χ2n) is 7.42. The van der Waals surface area contributed by atoms with Crippen molar-refractivity contribution in [2.75, 3.05) is 55.7 Å². The van der Waals surface area contributed by atoms with Gasteiger partial charge in [-0.1, -0.05) is 12.1 Å². The van der Waals surface area contributed by atoms with Crippen molar-refractivity contribution in [3.05, 3.63) is 54.1 Å². The zero-order valence-corrected chi connectivity index (χ0v) is 17.3. The quantitative estimate of drug-likeness (QED) is 0.638. The van der Waals surface area contributed by atoms with E-state index in [2.05, 4.69) is 32.8 Å². The van der Waals surface area contributed by atoms with Gasteiger partial charge in [0.15, 0.2) is 5.78 Å². The number of Topliss-reactive ketones (excluding diaryl/α,β-unsaturated/α-hetero) is 1. The zero-order valence-electron chi connectivity index (χ0n) is 17.3. The predicted molar refractivity (Wildman–Crippen MR) is 118 cm³/mol. The largest absolute Gasteiger partial charge is 0.326 e. The number of piperazine rings is 1. The van der Waals surface area contributed by atoms with Crippen molar-refractivity contribution in [2.45, 2.75) is 6.92 Å². The van der Waals surface area contributed by atoms with E-state index in [-0.39, 0.29) is 11.7 Å². The van der Waals surface area contributed by atoms with Gasteiger partial charge in [0.1, 0.15) is 0 Å². The molecule has 158 valence electrons. The van der Waals surface area contributed by atoms with E-state index in [1.165, 1.54) is 6.92 Å². The Kier molecular flexibility index (Phi) is 7.16. The number of hydrogen-bond acceptors (Lipinski definition) is 5. The molecule has 1 aliphatic rings. The first-order chi connectivity index (χ1) is 14.4. The van der Waals surface area contributed by atoms with Crippen LogP contribution in [0.5, 0.6) is 0 Å². The van der Waals surface area contributed by atoms with Gasteiger partial charge in [0.2, 0.25) is 5.91 Å². The Labute approximate surface area is 176 Å². The summed E-state index contributed by atoms with van der Waals surface area (Å²) >= 11 is 0. The number of amides is 3. The van der Waals surface area contributed by atoms with Crippen LogP contribution in [0.15, 0.2) is 48.5 Å². The zero-order chi connectivity index (χ0) is 21.5. The van der Waals surface area contributed by atoms with E-state index in [4.69, 9.17) is 0 Å². The molecule has 0 atom stereocenters. The van der Waals surface area contributed by atoms with E-state index in [0.29, 0.717) is 29.2 Å². The Balaban J connectivity index is 1.54. The Morgan fingerprint density at radius 2 is 1.43 bits per heavy atom. The predicted octanol–water partition coefficient (Wildman–Crippen LogP) is 2.72. The van der Waals surface area contributed by atoms with Gasteiger partial charge in [-0.05, 0) is 43.4 Å². The molecule has 3 amide bonds. The van der Waals surface area contributed by atoms with Crippen LogP contribution in [-0.2, 0) is 4.79 Å². The summed E-state index contributed by atoms with van der Waals surface area (Å²) < 4.78 is 0. The molecule has 0 radical (unpaired) electrons. The number of nitrogens with one attached hydrogen (secondary N) is 3. The van der Waals surface area contributed by atoms with E-state index in [0.717, 1.165) is 26.2 Å². The molecule has 1 saturated heterocycles. The molecule has 0 unspecified atom stereocenters. The van der Waals surface area contributed by atoms with Gasteiger partial charge in [-0.25, -0.2) is 4.79 Å². The van der Waals surface area contributed by atoms with Crippen LogP contribution in [0.2, 0.25) is 0 Å². The highest BCUT2D eigenvalue weighted by atomic mass is 16.2. The topological polar surface area (TPSA) is 93.8 Å². The highest BCUT2D eigenvalue weighted by molar-refractivity contribution is 6.02. The monoisotopic (exact) mass is 409 g/mol. The van der Waals surface area contributed by atoms with Gasteiger partial charge in [0.05, 0.1) is 6.54 Å². The number of carbonyl (C=O) groups excluding carboxylic acids is 3. The van der Waals surface area contributed by atoms with E-state index >= 15 is 0 Å². The second-order valence-corrected chi connectivity index (χ2v) is 7.42. The molecular weight excluding hydrogens is 382 g/mol. The molecule has 0 aromatic heterocycles. The first-order valence-corrected chi connectivity index (χ1v) is 9.89. The summed E-state index contributed by atoms with van der Waals surface area (Å²) in [6, 6.07) is 13.3. The number of ketones is 1. The third kappa shape index (κ3) is 6.40. The summed E-state index contributed by atoms with van der Waals surface area (Å²) in [7, 11) is 2.08. The van der Waals surface area contributed by atoms with E-state index < -0.39 is 6.03 Å². The Morgan fingerprint density at radius 3 is 2.07 bits per heavy atom. The summed E-state index contributed by atoms with van der Waals surface area (Å²) in [6.07, 6.45) is 0. The number of urea groups is 1. The van der Waals surface area contributed by atoms with Crippen molar-refractivity contribution < 1.29 is 14.4 Å². The number of carbonyl (C=O) groups is 3. The van der Waals surface area contributed by atoms with Crippen molar-refractivity contribution in [1.82, 2.24) is 9.80 Å². The molecule has 8 nitrogen and oxygen atoms in total. The smallest absolute Gasteiger partial charge is 0.323 e. The molecule has 3 N–H and O–H groups in total. The van der Waals surface area contributed by atoms with Gasteiger partial charge < -0.3 is 20.9 Å². The summed E-state index contributed by atoms with van der Waals surface area (Å²) in [4.78, 5) is 40.4. The van der Waals surface area contributed by atoms with Gasteiger partial charge in [-0.2, -0.15) is 0 Å². The van der Waals surface area contributed by atoms with Crippen LogP contribution in [0.1, 0.15) is 17.3 Å². The normalized spacial score (nSPS) is 14.7. The van der Waals surface area contributed by atoms with Crippen LogP contribution in [-0.4, -0.2) is 67.3 Å². The summed E-state index contributed by atoms with van der Waals surface area (Å²) in [5.74, 6) is -0.118. The number of rotatable bonds is 6. The summed E-state index contributed by atoms with van der Waals surface area (Å²) in [5, 5.41) is 8.15. The molecule has 0 aliphatic carbocycles. The molecule has 30 heavy (non-hydrogen) atoms. The lowest BCUT2D eigenvalue weighted by atomic mass is 10.1. The average Bonchev–Trinajstić information content (AvgIpc) is 2.71. The van der Waals surface area contributed by atoms with E-state index in [9.17, 15) is 14.4 Å². The third-order valence-electron chi connectivity index (χ3n) is 4.87. The Hall–Kier alpha value is -3.23. The third-order valence-corrected chi connectivity index (χ3v) is 4.87. The number of anilines is 3. The lowest BCUT2D eigenvalue weighted by molar-refractivity contribution is -0.114. The maximum absolute atomic E-state index is 12.6. The minimum absolute atomic E-state index is 0.0390. The molecule has 2 aromatic rings. The molecule has 3 rings (SSSR count). The highest BCUT2D eigenvalue weighted by Crippen LogP contribution is 2.16. The molecule has 0 bridgehead atoms. The minimum Gasteiger partial charge on any atom is -0.326 e. The molecular formula is C22H27N5O3. The van der Waals surface area contributed by atoms with Gasteiger partial charge in [-0.15, -0.1) is 0 Å². The fraction of sp³-hybridized carbons (Fsp3) is 0.318.